The van der Waals surface area contributed by atoms with Gasteiger partial charge in [-0.05, 0) is 24.6 Å². The fourth-order valence-electron chi connectivity index (χ4n) is 1.83. The molecule has 0 aliphatic rings. The highest BCUT2D eigenvalue weighted by Gasteiger charge is 2.12. The summed E-state index contributed by atoms with van der Waals surface area (Å²) >= 11 is 4.86. The maximum absolute atomic E-state index is 12.1. The second-order valence-electron chi connectivity index (χ2n) is 4.56. The molecule has 2 rings (SSSR count). The highest BCUT2D eigenvalue weighted by atomic mass is 32.1. The van der Waals surface area contributed by atoms with Crippen molar-refractivity contribution in [2.75, 3.05) is 5.32 Å². The molecule has 0 bridgehead atoms. The highest BCUT2D eigenvalue weighted by molar-refractivity contribution is 7.80. The number of thiocarbonyl (C=S) groups is 1. The summed E-state index contributed by atoms with van der Waals surface area (Å²) in [4.78, 5) is 12.6. The van der Waals surface area contributed by atoms with E-state index < -0.39 is 0 Å². The Morgan fingerprint density at radius 1 is 1.40 bits per heavy atom. The van der Waals surface area contributed by atoms with Crippen molar-refractivity contribution in [3.63, 3.8) is 0 Å². The predicted molar refractivity (Wildman–Crippen MR) is 82.8 cm³/mol. The topological polar surface area (TPSA) is 72.9 Å². The van der Waals surface area contributed by atoms with Gasteiger partial charge in [0.15, 0.2) is 0 Å². The van der Waals surface area contributed by atoms with Gasteiger partial charge in [-0.15, -0.1) is 0 Å². The van der Waals surface area contributed by atoms with Crippen molar-refractivity contribution in [1.29, 1.82) is 0 Å². The number of nitrogens with two attached hydrogens (primary N) is 1. The fraction of sp³-hybridized carbons (Fsp3) is 0.214. The third-order valence-electron chi connectivity index (χ3n) is 3.07. The Balaban J connectivity index is 2.08. The van der Waals surface area contributed by atoms with E-state index in [-0.39, 0.29) is 5.91 Å². The maximum atomic E-state index is 12.1. The van der Waals surface area contributed by atoms with Crippen molar-refractivity contribution in [2.45, 2.75) is 13.3 Å². The molecule has 1 amide bonds. The minimum atomic E-state index is -0.169. The number of carbonyl (C=O) groups is 1. The van der Waals surface area contributed by atoms with Crippen LogP contribution >= 0.6 is 12.2 Å². The Kier molecular flexibility index (Phi) is 4.14. The van der Waals surface area contributed by atoms with Gasteiger partial charge >= 0.3 is 0 Å². The SMILES string of the molecule is Cc1c(C(=O)Nc2ccc(CC(N)=S)cc2)cnn1C. The van der Waals surface area contributed by atoms with Crippen molar-refractivity contribution in [2.24, 2.45) is 12.8 Å². The zero-order valence-corrected chi connectivity index (χ0v) is 12.2. The molecule has 0 saturated heterocycles. The molecular formula is C14H16N4OS. The Morgan fingerprint density at radius 2 is 2.05 bits per heavy atom. The van der Waals surface area contributed by atoms with Gasteiger partial charge in [-0.25, -0.2) is 0 Å². The van der Waals surface area contributed by atoms with E-state index in [9.17, 15) is 4.79 Å². The van der Waals surface area contributed by atoms with E-state index in [1.54, 1.807) is 17.9 Å². The number of aryl methyl sites for hydroxylation is 1. The van der Waals surface area contributed by atoms with Gasteiger partial charge in [-0.3, -0.25) is 9.48 Å². The van der Waals surface area contributed by atoms with E-state index >= 15 is 0 Å². The number of nitrogens with one attached hydrogen (secondary N) is 1. The highest BCUT2D eigenvalue weighted by Crippen LogP contribution is 2.13. The summed E-state index contributed by atoms with van der Waals surface area (Å²) in [7, 11) is 1.80. The first-order valence-electron chi connectivity index (χ1n) is 6.14. The molecule has 20 heavy (non-hydrogen) atoms. The van der Waals surface area contributed by atoms with E-state index in [2.05, 4.69) is 10.4 Å². The largest absolute Gasteiger partial charge is 0.393 e. The summed E-state index contributed by atoms with van der Waals surface area (Å²) in [5.41, 5.74) is 8.63. The number of hydrogen-bond acceptors (Lipinski definition) is 3. The molecule has 0 unspecified atom stereocenters. The monoisotopic (exact) mass is 288 g/mol. The van der Waals surface area contributed by atoms with Crippen LogP contribution in [0.25, 0.3) is 0 Å². The third kappa shape index (κ3) is 3.21. The summed E-state index contributed by atoms with van der Waals surface area (Å²) in [6.45, 7) is 1.85. The molecule has 0 fully saturated rings. The van der Waals surface area contributed by atoms with Crippen LogP contribution in [-0.2, 0) is 13.5 Å². The van der Waals surface area contributed by atoms with Gasteiger partial charge in [0, 0.05) is 24.8 Å². The zero-order chi connectivity index (χ0) is 14.7. The lowest BCUT2D eigenvalue weighted by Crippen LogP contribution is -2.13. The lowest BCUT2D eigenvalue weighted by atomic mass is 10.1. The summed E-state index contributed by atoms with van der Waals surface area (Å²) in [5, 5.41) is 6.89. The van der Waals surface area contributed by atoms with Gasteiger partial charge < -0.3 is 11.1 Å². The molecule has 5 nitrogen and oxygen atoms in total. The van der Waals surface area contributed by atoms with E-state index in [4.69, 9.17) is 18.0 Å². The molecule has 0 spiro atoms. The molecule has 1 aromatic carbocycles. The Labute approximate surface area is 122 Å². The molecule has 1 aromatic heterocycles. The molecule has 3 N–H and O–H groups in total. The zero-order valence-electron chi connectivity index (χ0n) is 11.4. The molecule has 104 valence electrons. The van der Waals surface area contributed by atoms with Crippen LogP contribution in [0.2, 0.25) is 0 Å². The third-order valence-corrected chi connectivity index (χ3v) is 3.21. The van der Waals surface area contributed by atoms with Gasteiger partial charge in [0.05, 0.1) is 16.7 Å². The van der Waals surface area contributed by atoms with Crippen molar-refractivity contribution in [1.82, 2.24) is 9.78 Å². The van der Waals surface area contributed by atoms with Crippen molar-refractivity contribution in [3.05, 3.63) is 47.3 Å². The van der Waals surface area contributed by atoms with Gasteiger partial charge in [-0.2, -0.15) is 5.10 Å². The van der Waals surface area contributed by atoms with Crippen molar-refractivity contribution < 1.29 is 4.79 Å². The van der Waals surface area contributed by atoms with Crippen LogP contribution in [0.15, 0.2) is 30.5 Å². The molecule has 1 heterocycles. The lowest BCUT2D eigenvalue weighted by Gasteiger charge is -2.06. The first kappa shape index (κ1) is 14.2. The van der Waals surface area contributed by atoms with E-state index in [0.29, 0.717) is 17.0 Å². The summed E-state index contributed by atoms with van der Waals surface area (Å²) < 4.78 is 1.67. The van der Waals surface area contributed by atoms with Gasteiger partial charge in [0.25, 0.3) is 5.91 Å². The van der Waals surface area contributed by atoms with Gasteiger partial charge in [0.2, 0.25) is 0 Å². The molecule has 0 aliphatic heterocycles. The minimum absolute atomic E-state index is 0.169. The normalized spacial score (nSPS) is 10.3. The second kappa shape index (κ2) is 5.83. The number of carbonyl (C=O) groups excluding carboxylic acids is 1. The average Bonchev–Trinajstić information content (AvgIpc) is 2.72. The number of aromatic nitrogens is 2. The van der Waals surface area contributed by atoms with Crippen LogP contribution in [0, 0.1) is 6.92 Å². The van der Waals surface area contributed by atoms with Crippen molar-refractivity contribution in [3.8, 4) is 0 Å². The first-order chi connectivity index (χ1) is 9.47. The summed E-state index contributed by atoms with van der Waals surface area (Å²) in [5.74, 6) is -0.169. The fourth-order valence-corrected chi connectivity index (χ4v) is 1.99. The van der Waals surface area contributed by atoms with Crippen LogP contribution in [0.4, 0.5) is 5.69 Å². The summed E-state index contributed by atoms with van der Waals surface area (Å²) in [6, 6.07) is 7.45. The molecule has 6 heteroatoms. The van der Waals surface area contributed by atoms with Crippen LogP contribution in [0.1, 0.15) is 21.6 Å². The maximum Gasteiger partial charge on any atom is 0.259 e. The van der Waals surface area contributed by atoms with Crippen LogP contribution < -0.4 is 11.1 Å². The average molecular weight is 288 g/mol. The van der Waals surface area contributed by atoms with Crippen LogP contribution in [0.5, 0.6) is 0 Å². The molecular weight excluding hydrogens is 272 g/mol. The Hall–Kier alpha value is -2.21. The van der Waals surface area contributed by atoms with Gasteiger partial charge in [-0.1, -0.05) is 24.4 Å². The van der Waals surface area contributed by atoms with Crippen molar-refractivity contribution >= 4 is 28.8 Å². The molecule has 0 atom stereocenters. The molecule has 0 aliphatic carbocycles. The number of amides is 1. The summed E-state index contributed by atoms with van der Waals surface area (Å²) in [6.07, 6.45) is 2.12. The van der Waals surface area contributed by atoms with Crippen LogP contribution in [-0.4, -0.2) is 20.7 Å². The van der Waals surface area contributed by atoms with Gasteiger partial charge in [0.1, 0.15) is 0 Å². The first-order valence-corrected chi connectivity index (χ1v) is 6.55. The molecule has 2 aromatic rings. The molecule has 0 radical (unpaired) electrons. The second-order valence-corrected chi connectivity index (χ2v) is 5.09. The Bertz CT molecular complexity index is 646. The predicted octanol–water partition coefficient (Wildman–Crippen LogP) is 1.81. The standard InChI is InChI=1S/C14H16N4OS/c1-9-12(8-16-18(9)2)14(19)17-11-5-3-10(4-6-11)7-13(15)20/h3-6,8H,7H2,1-2H3,(H2,15,20)(H,17,19). The number of nitrogens with zero attached hydrogens (tertiary/aromatic N) is 2. The number of anilines is 1. The Morgan fingerprint density at radius 3 is 2.55 bits per heavy atom. The van der Waals surface area contributed by atoms with E-state index in [0.717, 1.165) is 16.9 Å². The number of hydrogen-bond donors (Lipinski definition) is 2. The van der Waals surface area contributed by atoms with E-state index in [1.165, 1.54) is 0 Å². The minimum Gasteiger partial charge on any atom is -0.393 e. The van der Waals surface area contributed by atoms with E-state index in [1.807, 2.05) is 31.2 Å². The number of benzene rings is 1. The quantitative estimate of drug-likeness (QED) is 0.842. The number of rotatable bonds is 4. The molecule has 0 saturated carbocycles. The smallest absolute Gasteiger partial charge is 0.259 e. The van der Waals surface area contributed by atoms with Crippen LogP contribution in [0.3, 0.4) is 0 Å². The lowest BCUT2D eigenvalue weighted by molar-refractivity contribution is 0.102.